The summed E-state index contributed by atoms with van der Waals surface area (Å²) in [6.45, 7) is 1.82. The summed E-state index contributed by atoms with van der Waals surface area (Å²) in [5.41, 5.74) is 0. The third-order valence-electron chi connectivity index (χ3n) is 3.37. The summed E-state index contributed by atoms with van der Waals surface area (Å²) in [6.07, 6.45) is 5.09. The maximum Gasteiger partial charge on any atom is 0.349 e. The van der Waals surface area contributed by atoms with Crippen LogP contribution in [0.2, 0.25) is 0 Å². The smallest absolute Gasteiger partial charge is 0.349 e. The first-order valence-corrected chi connectivity index (χ1v) is 7.70. The molecule has 1 aliphatic rings. The molecule has 1 heterocycles. The van der Waals surface area contributed by atoms with Crippen LogP contribution in [0.3, 0.4) is 0 Å². The topological polar surface area (TPSA) is 75.6 Å². The van der Waals surface area contributed by atoms with Crippen molar-refractivity contribution in [3.8, 4) is 5.75 Å². The van der Waals surface area contributed by atoms with Crippen molar-refractivity contribution in [3.63, 3.8) is 0 Å². The minimum atomic E-state index is -1.01. The lowest BCUT2D eigenvalue weighted by Crippen LogP contribution is -2.36. The predicted octanol–water partition coefficient (Wildman–Crippen LogP) is 2.45. The summed E-state index contributed by atoms with van der Waals surface area (Å²) in [6, 6.07) is 1.95. The number of nitrogens with one attached hydrogen (secondary N) is 1. The van der Waals surface area contributed by atoms with Gasteiger partial charge in [0.15, 0.2) is 11.5 Å². The molecule has 1 saturated carbocycles. The second-order valence-electron chi connectivity index (χ2n) is 4.90. The molecule has 0 saturated heterocycles. The number of hydrogen-bond donors (Lipinski definition) is 2. The van der Waals surface area contributed by atoms with Gasteiger partial charge in [0.2, 0.25) is 0 Å². The van der Waals surface area contributed by atoms with Crippen LogP contribution in [-0.4, -0.2) is 29.6 Å². The minimum absolute atomic E-state index is 0.128. The number of rotatable bonds is 6. The van der Waals surface area contributed by atoms with E-state index < -0.39 is 5.97 Å². The quantitative estimate of drug-likeness (QED) is 0.845. The fourth-order valence-electron chi connectivity index (χ4n) is 2.34. The predicted molar refractivity (Wildman–Crippen MR) is 76.6 cm³/mol. The highest BCUT2D eigenvalue weighted by Gasteiger charge is 2.19. The highest BCUT2D eigenvalue weighted by molar-refractivity contribution is 7.14. The van der Waals surface area contributed by atoms with Crippen molar-refractivity contribution in [1.29, 1.82) is 0 Å². The molecule has 2 N–H and O–H groups in total. The maximum absolute atomic E-state index is 11.7. The van der Waals surface area contributed by atoms with Gasteiger partial charge in [-0.05, 0) is 25.3 Å². The number of carbonyl (C=O) groups excluding carboxylic acids is 1. The van der Waals surface area contributed by atoms with Crippen LogP contribution < -0.4 is 10.1 Å². The van der Waals surface area contributed by atoms with Gasteiger partial charge >= 0.3 is 5.97 Å². The van der Waals surface area contributed by atoms with Gasteiger partial charge in [-0.15, -0.1) is 11.3 Å². The van der Waals surface area contributed by atoms with Crippen LogP contribution >= 0.6 is 11.3 Å². The Labute approximate surface area is 121 Å². The van der Waals surface area contributed by atoms with Gasteiger partial charge in [0.05, 0.1) is 0 Å². The molecule has 0 bridgehead atoms. The van der Waals surface area contributed by atoms with E-state index in [4.69, 9.17) is 9.84 Å². The Hall–Kier alpha value is -1.56. The molecule has 1 fully saturated rings. The van der Waals surface area contributed by atoms with Gasteiger partial charge in [0.25, 0.3) is 5.91 Å². The van der Waals surface area contributed by atoms with Crippen LogP contribution in [0.15, 0.2) is 6.07 Å². The Morgan fingerprint density at radius 1 is 1.45 bits per heavy atom. The number of carboxylic acids is 1. The van der Waals surface area contributed by atoms with Crippen LogP contribution in [0.1, 0.15) is 47.2 Å². The van der Waals surface area contributed by atoms with Crippen molar-refractivity contribution >= 4 is 23.2 Å². The van der Waals surface area contributed by atoms with E-state index in [9.17, 15) is 9.59 Å². The molecule has 0 unspecified atom stereocenters. The number of aromatic carboxylic acids is 1. The molecule has 1 aromatic heterocycles. The summed E-state index contributed by atoms with van der Waals surface area (Å²) in [5, 5.41) is 12.0. The largest absolute Gasteiger partial charge is 0.482 e. The summed E-state index contributed by atoms with van der Waals surface area (Å²) < 4.78 is 5.37. The average molecular weight is 297 g/mol. The van der Waals surface area contributed by atoms with E-state index in [1.54, 1.807) is 6.07 Å². The minimum Gasteiger partial charge on any atom is -0.482 e. The highest BCUT2D eigenvalue weighted by Crippen LogP contribution is 2.29. The molecule has 0 aliphatic heterocycles. The van der Waals surface area contributed by atoms with Crippen LogP contribution in [0.25, 0.3) is 0 Å². The molecule has 0 radical (unpaired) electrons. The second-order valence-corrected chi connectivity index (χ2v) is 6.04. The first-order chi connectivity index (χ1) is 9.60. The van der Waals surface area contributed by atoms with Crippen molar-refractivity contribution in [2.24, 2.45) is 0 Å². The number of amides is 1. The zero-order valence-corrected chi connectivity index (χ0v) is 12.3. The fraction of sp³-hybridized carbons (Fsp3) is 0.571. The SMILES string of the molecule is CCc1cc(OCC(=O)NC2CCCC2)c(C(=O)O)s1. The molecular weight excluding hydrogens is 278 g/mol. The molecule has 0 atom stereocenters. The van der Waals surface area contributed by atoms with E-state index in [0.717, 1.165) is 37.0 Å². The molecule has 5 nitrogen and oxygen atoms in total. The second kappa shape index (κ2) is 6.74. The lowest BCUT2D eigenvalue weighted by molar-refractivity contribution is -0.123. The molecule has 1 aromatic rings. The molecule has 0 spiro atoms. The summed E-state index contributed by atoms with van der Waals surface area (Å²) in [7, 11) is 0. The van der Waals surface area contributed by atoms with Gasteiger partial charge in [0.1, 0.15) is 5.75 Å². The van der Waals surface area contributed by atoms with E-state index in [2.05, 4.69) is 5.32 Å². The van der Waals surface area contributed by atoms with Gasteiger partial charge in [-0.2, -0.15) is 0 Å². The van der Waals surface area contributed by atoms with Crippen molar-refractivity contribution in [2.45, 2.75) is 45.1 Å². The van der Waals surface area contributed by atoms with Gasteiger partial charge in [-0.3, -0.25) is 4.79 Å². The van der Waals surface area contributed by atoms with E-state index in [-0.39, 0.29) is 23.4 Å². The Balaban J connectivity index is 1.90. The molecule has 2 rings (SSSR count). The summed E-state index contributed by atoms with van der Waals surface area (Å²) in [4.78, 5) is 24.0. The molecule has 110 valence electrons. The number of carboxylic acid groups (broad SMARTS) is 1. The third kappa shape index (κ3) is 3.72. The van der Waals surface area contributed by atoms with Gasteiger partial charge < -0.3 is 15.2 Å². The zero-order valence-electron chi connectivity index (χ0n) is 11.5. The van der Waals surface area contributed by atoms with Gasteiger partial charge in [-0.1, -0.05) is 19.8 Å². The van der Waals surface area contributed by atoms with E-state index in [1.165, 1.54) is 11.3 Å². The standard InChI is InChI=1S/C14H19NO4S/c1-2-10-7-11(13(20-10)14(17)18)19-8-12(16)15-9-5-3-4-6-9/h7,9H,2-6,8H2,1H3,(H,15,16)(H,17,18). The first-order valence-electron chi connectivity index (χ1n) is 6.88. The van der Waals surface area contributed by atoms with E-state index in [1.807, 2.05) is 6.92 Å². The normalized spacial score (nSPS) is 15.2. The molecule has 6 heteroatoms. The number of carbonyl (C=O) groups is 2. The number of thiophene rings is 1. The lowest BCUT2D eigenvalue weighted by atomic mass is 10.2. The van der Waals surface area contributed by atoms with E-state index in [0.29, 0.717) is 5.75 Å². The Kier molecular flexibility index (Phi) is 5.00. The van der Waals surface area contributed by atoms with Gasteiger partial charge in [0, 0.05) is 10.9 Å². The monoisotopic (exact) mass is 297 g/mol. The summed E-state index contributed by atoms with van der Waals surface area (Å²) in [5.74, 6) is -0.903. The third-order valence-corrected chi connectivity index (χ3v) is 4.62. The molecule has 0 aromatic carbocycles. The van der Waals surface area contributed by atoms with Crippen molar-refractivity contribution in [3.05, 3.63) is 15.8 Å². The van der Waals surface area contributed by atoms with Crippen molar-refractivity contribution in [1.82, 2.24) is 5.32 Å². The van der Waals surface area contributed by atoms with Crippen LogP contribution in [0.5, 0.6) is 5.75 Å². The fourth-order valence-corrected chi connectivity index (χ4v) is 3.21. The summed E-state index contributed by atoms with van der Waals surface area (Å²) >= 11 is 1.20. The van der Waals surface area contributed by atoms with Crippen molar-refractivity contribution < 1.29 is 19.4 Å². The van der Waals surface area contributed by atoms with Crippen LogP contribution in [0, 0.1) is 0 Å². The Morgan fingerprint density at radius 2 is 2.15 bits per heavy atom. The Morgan fingerprint density at radius 3 is 2.75 bits per heavy atom. The number of ether oxygens (including phenoxy) is 1. The zero-order chi connectivity index (χ0) is 14.5. The van der Waals surface area contributed by atoms with Crippen LogP contribution in [-0.2, 0) is 11.2 Å². The van der Waals surface area contributed by atoms with E-state index >= 15 is 0 Å². The van der Waals surface area contributed by atoms with Gasteiger partial charge in [-0.25, -0.2) is 4.79 Å². The molecule has 20 heavy (non-hydrogen) atoms. The molecular formula is C14H19NO4S. The lowest BCUT2D eigenvalue weighted by Gasteiger charge is -2.12. The first kappa shape index (κ1) is 14.8. The Bertz CT molecular complexity index is 491. The highest BCUT2D eigenvalue weighted by atomic mass is 32.1. The molecule has 1 amide bonds. The van der Waals surface area contributed by atoms with Crippen LogP contribution in [0.4, 0.5) is 0 Å². The molecule has 1 aliphatic carbocycles. The number of hydrogen-bond acceptors (Lipinski definition) is 4. The number of aryl methyl sites for hydroxylation is 1. The van der Waals surface area contributed by atoms with Crippen molar-refractivity contribution in [2.75, 3.05) is 6.61 Å². The average Bonchev–Trinajstić information content (AvgIpc) is 3.04. The maximum atomic E-state index is 11.7.